The zero-order valence-electron chi connectivity index (χ0n) is 15.6. The van der Waals surface area contributed by atoms with Crippen LogP contribution in [-0.4, -0.2) is 27.1 Å². The molecule has 1 aliphatic heterocycles. The minimum atomic E-state index is -0.0223. The first-order chi connectivity index (χ1) is 14.0. The van der Waals surface area contributed by atoms with Gasteiger partial charge in [-0.3, -0.25) is 9.69 Å². The van der Waals surface area contributed by atoms with E-state index in [-0.39, 0.29) is 17.7 Å². The van der Waals surface area contributed by atoms with Crippen LogP contribution in [0.5, 0.6) is 5.75 Å². The van der Waals surface area contributed by atoms with Crippen molar-refractivity contribution >= 4 is 73.1 Å². The quantitative estimate of drug-likeness (QED) is 0.324. The predicted molar refractivity (Wildman–Crippen MR) is 131 cm³/mol. The molecule has 2 aliphatic rings. The molecule has 1 amide bonds. The van der Waals surface area contributed by atoms with Crippen molar-refractivity contribution in [3.05, 3.63) is 61.0 Å². The number of benzene rings is 2. The van der Waals surface area contributed by atoms with Crippen LogP contribution in [0.1, 0.15) is 37.7 Å². The van der Waals surface area contributed by atoms with E-state index >= 15 is 0 Å². The molecule has 0 radical (unpaired) electrons. The number of hydrogen-bond donors (Lipinski definition) is 1. The highest BCUT2D eigenvalue weighted by Crippen LogP contribution is 2.40. The molecule has 0 unspecified atom stereocenters. The first kappa shape index (κ1) is 20.9. The number of carbonyl (C=O) groups is 1. The number of rotatable bonds is 3. The third-order valence-electron chi connectivity index (χ3n) is 5.10. The number of amides is 1. The zero-order chi connectivity index (χ0) is 20.4. The van der Waals surface area contributed by atoms with E-state index < -0.39 is 0 Å². The number of phenols is 1. The van der Waals surface area contributed by atoms with Crippen molar-refractivity contribution in [2.75, 3.05) is 0 Å². The molecule has 0 aromatic heterocycles. The lowest BCUT2D eigenvalue weighted by atomic mass is 9.94. The fraction of sp³-hybridized carbons (Fsp3) is 0.273. The number of phenolic OH excluding ortho intramolecular Hbond substituents is 1. The fourth-order valence-electron chi connectivity index (χ4n) is 3.68. The van der Waals surface area contributed by atoms with Crippen LogP contribution in [0, 0.1) is 3.57 Å². The summed E-state index contributed by atoms with van der Waals surface area (Å²) >= 11 is 6.95. The van der Waals surface area contributed by atoms with Crippen molar-refractivity contribution in [3.8, 4) is 5.75 Å². The van der Waals surface area contributed by atoms with Crippen molar-refractivity contribution in [1.29, 1.82) is 0 Å². The van der Waals surface area contributed by atoms with E-state index in [0.29, 0.717) is 10.5 Å². The van der Waals surface area contributed by atoms with E-state index in [4.69, 9.17) is 4.99 Å². The van der Waals surface area contributed by atoms with Crippen LogP contribution in [0.4, 0.5) is 5.69 Å². The number of amidine groups is 1. The Morgan fingerprint density at radius 3 is 2.62 bits per heavy atom. The molecule has 0 spiro atoms. The van der Waals surface area contributed by atoms with Gasteiger partial charge >= 0.3 is 0 Å². The number of aliphatic imine (C=N–C) groups is 1. The SMILES string of the molecule is O=C1/C(=C/c2cc(Br)cc(I)c2O)SC(=Nc2ccccc2)N1C1CCCCC1. The van der Waals surface area contributed by atoms with Gasteiger partial charge in [-0.1, -0.05) is 53.4 Å². The number of thioether (sulfide) groups is 1. The van der Waals surface area contributed by atoms with E-state index in [1.807, 2.05) is 47.4 Å². The summed E-state index contributed by atoms with van der Waals surface area (Å²) in [4.78, 5) is 20.6. The van der Waals surface area contributed by atoms with Crippen LogP contribution < -0.4 is 0 Å². The molecule has 1 N–H and O–H groups in total. The molecule has 1 saturated heterocycles. The van der Waals surface area contributed by atoms with E-state index in [0.717, 1.165) is 44.6 Å². The van der Waals surface area contributed by atoms with Gasteiger partial charge in [0, 0.05) is 16.1 Å². The van der Waals surface area contributed by atoms with Gasteiger partial charge in [-0.25, -0.2) is 4.99 Å². The highest BCUT2D eigenvalue weighted by atomic mass is 127. The average molecular weight is 583 g/mol. The summed E-state index contributed by atoms with van der Waals surface area (Å²) in [7, 11) is 0. The van der Waals surface area contributed by atoms with Crippen LogP contribution in [0.25, 0.3) is 6.08 Å². The lowest BCUT2D eigenvalue weighted by Gasteiger charge is -2.30. The second-order valence-corrected chi connectivity index (χ2v) is 10.2. The number of para-hydroxylation sites is 1. The van der Waals surface area contributed by atoms with Gasteiger partial charge in [0.25, 0.3) is 5.91 Å². The highest BCUT2D eigenvalue weighted by molar-refractivity contribution is 14.1. The molecule has 150 valence electrons. The summed E-state index contributed by atoms with van der Waals surface area (Å²) in [6.07, 6.45) is 7.30. The largest absolute Gasteiger partial charge is 0.506 e. The van der Waals surface area contributed by atoms with Crippen LogP contribution in [0.15, 0.2) is 56.8 Å². The fourth-order valence-corrected chi connectivity index (χ4v) is 6.28. The van der Waals surface area contributed by atoms with Gasteiger partial charge in [0.05, 0.1) is 14.2 Å². The zero-order valence-corrected chi connectivity index (χ0v) is 20.2. The molecular formula is C22H20BrIN2O2S. The van der Waals surface area contributed by atoms with E-state index in [1.165, 1.54) is 18.2 Å². The second-order valence-electron chi connectivity index (χ2n) is 7.13. The van der Waals surface area contributed by atoms with Crippen molar-refractivity contribution in [2.24, 2.45) is 4.99 Å². The number of aromatic hydroxyl groups is 1. The summed E-state index contributed by atoms with van der Waals surface area (Å²) in [6.45, 7) is 0. The molecule has 7 heteroatoms. The Morgan fingerprint density at radius 2 is 1.90 bits per heavy atom. The summed E-state index contributed by atoms with van der Waals surface area (Å²) in [5.41, 5.74) is 1.47. The summed E-state index contributed by atoms with van der Waals surface area (Å²) in [5.74, 6) is 0.165. The minimum Gasteiger partial charge on any atom is -0.506 e. The van der Waals surface area contributed by atoms with Crippen LogP contribution in [0.2, 0.25) is 0 Å². The summed E-state index contributed by atoms with van der Waals surface area (Å²) in [5, 5.41) is 11.2. The van der Waals surface area contributed by atoms with Crippen LogP contribution in [0.3, 0.4) is 0 Å². The van der Waals surface area contributed by atoms with Gasteiger partial charge in [-0.2, -0.15) is 0 Å². The number of carbonyl (C=O) groups excluding carboxylic acids is 1. The molecule has 1 heterocycles. The maximum absolute atomic E-state index is 13.4. The Kier molecular flexibility index (Phi) is 6.66. The Bertz CT molecular complexity index is 988. The van der Waals surface area contributed by atoms with Gasteiger partial charge in [0.1, 0.15) is 5.75 Å². The minimum absolute atomic E-state index is 0.0223. The molecule has 1 saturated carbocycles. The smallest absolute Gasteiger partial charge is 0.267 e. The van der Waals surface area contributed by atoms with Crippen molar-refractivity contribution in [2.45, 2.75) is 38.1 Å². The first-order valence-corrected chi connectivity index (χ1v) is 12.3. The standard InChI is InChI=1S/C22H20BrIN2O2S/c23-15-11-14(20(27)18(24)13-15)12-19-21(28)26(17-9-5-2-6-10-17)22(29-19)25-16-7-3-1-4-8-16/h1,3-4,7-8,11-13,17,27H,2,5-6,9-10H2/b19-12-,25-22?. The number of hydrogen-bond acceptors (Lipinski definition) is 4. The Hall–Kier alpha value is -1.32. The third kappa shape index (κ3) is 4.72. The lowest BCUT2D eigenvalue weighted by molar-refractivity contribution is -0.124. The number of nitrogens with zero attached hydrogens (tertiary/aromatic N) is 2. The molecule has 2 fully saturated rings. The molecule has 29 heavy (non-hydrogen) atoms. The summed E-state index contributed by atoms with van der Waals surface area (Å²) in [6, 6.07) is 13.6. The van der Waals surface area contributed by atoms with Gasteiger partial charge in [-0.15, -0.1) is 0 Å². The van der Waals surface area contributed by atoms with Crippen molar-refractivity contribution in [3.63, 3.8) is 0 Å². The van der Waals surface area contributed by atoms with Gasteiger partial charge in [-0.05, 0) is 77.5 Å². The number of halogens is 2. The lowest BCUT2D eigenvalue weighted by Crippen LogP contribution is -2.40. The molecule has 2 aromatic rings. The maximum Gasteiger partial charge on any atom is 0.267 e. The molecule has 2 aromatic carbocycles. The van der Waals surface area contributed by atoms with Gasteiger partial charge < -0.3 is 5.11 Å². The predicted octanol–water partition coefficient (Wildman–Crippen LogP) is 6.70. The van der Waals surface area contributed by atoms with Gasteiger partial charge in [0.2, 0.25) is 0 Å². The Morgan fingerprint density at radius 1 is 1.17 bits per heavy atom. The molecule has 0 atom stereocenters. The Labute approximate surface area is 196 Å². The highest BCUT2D eigenvalue weighted by Gasteiger charge is 2.38. The van der Waals surface area contributed by atoms with E-state index in [2.05, 4.69) is 38.5 Å². The molecule has 0 bridgehead atoms. The second kappa shape index (κ2) is 9.22. The topological polar surface area (TPSA) is 52.9 Å². The Balaban J connectivity index is 1.74. The van der Waals surface area contributed by atoms with E-state index in [9.17, 15) is 9.90 Å². The maximum atomic E-state index is 13.4. The average Bonchev–Trinajstić information content (AvgIpc) is 3.02. The van der Waals surface area contributed by atoms with Gasteiger partial charge in [0.15, 0.2) is 5.17 Å². The molecule has 1 aliphatic carbocycles. The molecule has 4 nitrogen and oxygen atoms in total. The monoisotopic (exact) mass is 582 g/mol. The molecule has 4 rings (SSSR count). The van der Waals surface area contributed by atoms with E-state index in [1.54, 1.807) is 6.08 Å². The van der Waals surface area contributed by atoms with Crippen LogP contribution >= 0.6 is 50.3 Å². The summed E-state index contributed by atoms with van der Waals surface area (Å²) < 4.78 is 1.60. The first-order valence-electron chi connectivity index (χ1n) is 9.58. The third-order valence-corrected chi connectivity index (χ3v) is 7.37. The van der Waals surface area contributed by atoms with Crippen molar-refractivity contribution in [1.82, 2.24) is 4.90 Å². The normalized spacial score (nSPS) is 20.8. The van der Waals surface area contributed by atoms with Crippen molar-refractivity contribution < 1.29 is 9.90 Å². The molecular weight excluding hydrogens is 563 g/mol. The van der Waals surface area contributed by atoms with Crippen LogP contribution in [-0.2, 0) is 4.79 Å².